The van der Waals surface area contributed by atoms with Crippen molar-refractivity contribution < 1.29 is 4.74 Å². The highest BCUT2D eigenvalue weighted by Crippen LogP contribution is 2.27. The summed E-state index contributed by atoms with van der Waals surface area (Å²) < 4.78 is 5.79. The third-order valence-electron chi connectivity index (χ3n) is 2.52. The van der Waals surface area contributed by atoms with Gasteiger partial charge in [-0.05, 0) is 30.5 Å². The molecule has 0 saturated carbocycles. The Balaban J connectivity index is 2.06. The van der Waals surface area contributed by atoms with E-state index in [1.54, 1.807) is 11.8 Å². The first-order valence-electron chi connectivity index (χ1n) is 5.74. The van der Waals surface area contributed by atoms with Gasteiger partial charge >= 0.3 is 0 Å². The first-order chi connectivity index (χ1) is 8.83. The average Bonchev–Trinajstić information content (AvgIpc) is 2.45. The van der Waals surface area contributed by atoms with Gasteiger partial charge in [0.1, 0.15) is 12.4 Å². The van der Waals surface area contributed by atoms with Crippen molar-refractivity contribution in [2.24, 2.45) is 5.73 Å². The molecule has 94 valence electrons. The van der Waals surface area contributed by atoms with Crippen LogP contribution in [0.25, 0.3) is 0 Å². The normalized spacial score (nSPS) is 10.3. The van der Waals surface area contributed by atoms with Crippen LogP contribution in [0, 0.1) is 0 Å². The zero-order chi connectivity index (χ0) is 12.8. The number of hydrogen-bond donors (Lipinski definition) is 1. The zero-order valence-electron chi connectivity index (χ0n) is 10.3. The number of pyridine rings is 1. The standard InChI is InChI=1S/C14H16N2OS/c1-18-14-8-3-2-7-13(14)17-10-12-6-4-5-11(9-15)16-12/h2-8H,9-10,15H2,1H3. The van der Waals surface area contributed by atoms with Crippen LogP contribution in [0.15, 0.2) is 47.4 Å². The molecule has 4 heteroatoms. The van der Waals surface area contributed by atoms with Gasteiger partial charge in [-0.2, -0.15) is 0 Å². The van der Waals surface area contributed by atoms with Crippen molar-refractivity contribution in [2.45, 2.75) is 18.0 Å². The fourth-order valence-electron chi connectivity index (χ4n) is 1.61. The van der Waals surface area contributed by atoms with Crippen LogP contribution in [0.4, 0.5) is 0 Å². The molecular weight excluding hydrogens is 244 g/mol. The number of aromatic nitrogens is 1. The molecule has 0 saturated heterocycles. The lowest BCUT2D eigenvalue weighted by Gasteiger charge is -2.09. The van der Waals surface area contributed by atoms with Crippen LogP contribution in [0.3, 0.4) is 0 Å². The molecule has 0 aliphatic heterocycles. The molecule has 0 unspecified atom stereocenters. The second-order valence-electron chi connectivity index (χ2n) is 3.76. The van der Waals surface area contributed by atoms with Gasteiger partial charge in [0.15, 0.2) is 0 Å². The van der Waals surface area contributed by atoms with E-state index in [0.717, 1.165) is 22.0 Å². The lowest BCUT2D eigenvalue weighted by molar-refractivity contribution is 0.294. The minimum Gasteiger partial charge on any atom is -0.486 e. The Morgan fingerprint density at radius 2 is 1.89 bits per heavy atom. The van der Waals surface area contributed by atoms with Crippen molar-refractivity contribution in [1.82, 2.24) is 4.98 Å². The minimum atomic E-state index is 0.454. The summed E-state index contributed by atoms with van der Waals surface area (Å²) in [6, 6.07) is 13.8. The Morgan fingerprint density at radius 3 is 2.67 bits per heavy atom. The predicted octanol–water partition coefficient (Wildman–Crippen LogP) is 2.84. The molecule has 0 aliphatic carbocycles. The average molecular weight is 260 g/mol. The first-order valence-corrected chi connectivity index (χ1v) is 6.96. The van der Waals surface area contributed by atoms with Crippen LogP contribution in [0.1, 0.15) is 11.4 Å². The number of thioether (sulfide) groups is 1. The van der Waals surface area contributed by atoms with E-state index in [0.29, 0.717) is 13.2 Å². The summed E-state index contributed by atoms with van der Waals surface area (Å²) in [5, 5.41) is 0. The fourth-order valence-corrected chi connectivity index (χ4v) is 2.16. The molecule has 0 amide bonds. The van der Waals surface area contributed by atoms with Gasteiger partial charge < -0.3 is 10.5 Å². The van der Waals surface area contributed by atoms with E-state index in [9.17, 15) is 0 Å². The molecule has 1 aromatic carbocycles. The Kier molecular flexibility index (Phi) is 4.61. The molecule has 0 fully saturated rings. The van der Waals surface area contributed by atoms with E-state index < -0.39 is 0 Å². The molecule has 1 aromatic heterocycles. The van der Waals surface area contributed by atoms with Crippen molar-refractivity contribution in [3.8, 4) is 5.75 Å². The van der Waals surface area contributed by atoms with Crippen molar-refractivity contribution in [2.75, 3.05) is 6.26 Å². The number of rotatable bonds is 5. The number of nitrogens with zero attached hydrogens (tertiary/aromatic N) is 1. The second-order valence-corrected chi connectivity index (χ2v) is 4.61. The summed E-state index contributed by atoms with van der Waals surface area (Å²) >= 11 is 1.67. The molecule has 0 atom stereocenters. The van der Waals surface area contributed by atoms with E-state index in [1.807, 2.05) is 48.7 Å². The Bertz CT molecular complexity index is 517. The Hall–Kier alpha value is -1.52. The van der Waals surface area contributed by atoms with Crippen LogP contribution in [0.5, 0.6) is 5.75 Å². The number of benzene rings is 1. The van der Waals surface area contributed by atoms with Crippen LogP contribution in [0.2, 0.25) is 0 Å². The Morgan fingerprint density at radius 1 is 1.11 bits per heavy atom. The summed E-state index contributed by atoms with van der Waals surface area (Å²) in [7, 11) is 0. The molecule has 18 heavy (non-hydrogen) atoms. The first kappa shape index (κ1) is 12.9. The van der Waals surface area contributed by atoms with E-state index in [1.165, 1.54) is 0 Å². The van der Waals surface area contributed by atoms with Crippen LogP contribution in [-0.4, -0.2) is 11.2 Å². The van der Waals surface area contributed by atoms with Crippen molar-refractivity contribution >= 4 is 11.8 Å². The van der Waals surface area contributed by atoms with Crippen molar-refractivity contribution in [1.29, 1.82) is 0 Å². The molecule has 2 N–H and O–H groups in total. The zero-order valence-corrected chi connectivity index (χ0v) is 11.1. The maximum absolute atomic E-state index is 5.79. The SMILES string of the molecule is CSc1ccccc1OCc1cccc(CN)n1. The predicted molar refractivity (Wildman–Crippen MR) is 74.7 cm³/mol. The smallest absolute Gasteiger partial charge is 0.133 e. The molecule has 0 radical (unpaired) electrons. The number of para-hydroxylation sites is 1. The summed E-state index contributed by atoms with van der Waals surface area (Å²) in [5.41, 5.74) is 7.35. The number of nitrogens with two attached hydrogens (primary N) is 1. The Labute approximate surface area is 111 Å². The van der Waals surface area contributed by atoms with Gasteiger partial charge in [0.25, 0.3) is 0 Å². The lowest BCUT2D eigenvalue weighted by atomic mass is 10.3. The fraction of sp³-hybridized carbons (Fsp3) is 0.214. The van der Waals surface area contributed by atoms with Crippen LogP contribution in [-0.2, 0) is 13.2 Å². The van der Waals surface area contributed by atoms with Gasteiger partial charge in [-0.15, -0.1) is 11.8 Å². The quantitative estimate of drug-likeness (QED) is 0.840. The van der Waals surface area contributed by atoms with Gasteiger partial charge in [0, 0.05) is 11.4 Å². The van der Waals surface area contributed by atoms with Gasteiger partial charge in [0.2, 0.25) is 0 Å². The molecule has 3 nitrogen and oxygen atoms in total. The van der Waals surface area contributed by atoms with E-state index >= 15 is 0 Å². The largest absolute Gasteiger partial charge is 0.486 e. The lowest BCUT2D eigenvalue weighted by Crippen LogP contribution is -2.04. The molecule has 0 aliphatic rings. The van der Waals surface area contributed by atoms with Gasteiger partial charge in [-0.25, -0.2) is 0 Å². The van der Waals surface area contributed by atoms with Crippen molar-refractivity contribution in [3.63, 3.8) is 0 Å². The number of hydrogen-bond acceptors (Lipinski definition) is 4. The molecule has 1 heterocycles. The second kappa shape index (κ2) is 6.42. The van der Waals surface area contributed by atoms with Crippen molar-refractivity contribution in [3.05, 3.63) is 53.9 Å². The summed E-state index contributed by atoms with van der Waals surface area (Å²) in [4.78, 5) is 5.54. The summed E-state index contributed by atoms with van der Waals surface area (Å²) in [5.74, 6) is 0.893. The van der Waals surface area contributed by atoms with E-state index in [4.69, 9.17) is 10.5 Å². The highest BCUT2D eigenvalue weighted by atomic mass is 32.2. The maximum Gasteiger partial charge on any atom is 0.133 e. The van der Waals surface area contributed by atoms with Crippen LogP contribution < -0.4 is 10.5 Å². The highest BCUT2D eigenvalue weighted by molar-refractivity contribution is 7.98. The highest BCUT2D eigenvalue weighted by Gasteiger charge is 2.03. The third-order valence-corrected chi connectivity index (χ3v) is 3.30. The van der Waals surface area contributed by atoms with Gasteiger partial charge in [-0.1, -0.05) is 18.2 Å². The molecule has 0 bridgehead atoms. The van der Waals surface area contributed by atoms with Crippen LogP contribution >= 0.6 is 11.8 Å². The third kappa shape index (κ3) is 3.24. The molecule has 2 aromatic rings. The molecular formula is C14H16N2OS. The molecule has 0 spiro atoms. The topological polar surface area (TPSA) is 48.1 Å². The van der Waals surface area contributed by atoms with Gasteiger partial charge in [0.05, 0.1) is 11.4 Å². The van der Waals surface area contributed by atoms with E-state index in [-0.39, 0.29) is 0 Å². The molecule has 2 rings (SSSR count). The summed E-state index contributed by atoms with van der Waals surface area (Å²) in [6.45, 7) is 0.917. The van der Waals surface area contributed by atoms with E-state index in [2.05, 4.69) is 4.98 Å². The number of ether oxygens (including phenoxy) is 1. The van der Waals surface area contributed by atoms with Gasteiger partial charge in [-0.3, -0.25) is 4.98 Å². The monoisotopic (exact) mass is 260 g/mol. The maximum atomic E-state index is 5.79. The summed E-state index contributed by atoms with van der Waals surface area (Å²) in [6.07, 6.45) is 2.04. The minimum absolute atomic E-state index is 0.454.